The number of nitrogens with one attached hydrogen (secondary N) is 1. The third-order valence-electron chi connectivity index (χ3n) is 3.19. The molecule has 1 saturated heterocycles. The molecule has 2 N–H and O–H groups in total. The number of aliphatic hydroxyl groups is 1. The molecule has 0 aliphatic carbocycles. The number of hydrogen-bond acceptors (Lipinski definition) is 3. The number of hydrogen-bond donors (Lipinski definition) is 2. The van der Waals surface area contributed by atoms with Gasteiger partial charge in [0.05, 0.1) is 12.6 Å². The van der Waals surface area contributed by atoms with Crippen molar-refractivity contribution >= 4 is 0 Å². The number of likely N-dealkylation sites (tertiary alicyclic amines) is 1. The molecule has 1 rings (SSSR count). The second-order valence-corrected chi connectivity index (χ2v) is 4.69. The summed E-state index contributed by atoms with van der Waals surface area (Å²) in [4.78, 5) is 2.09. The van der Waals surface area contributed by atoms with Crippen LogP contribution in [0.5, 0.6) is 0 Å². The number of nitrogens with zero attached hydrogens (tertiary/aromatic N) is 1. The van der Waals surface area contributed by atoms with Crippen LogP contribution >= 0.6 is 0 Å². The topological polar surface area (TPSA) is 35.5 Å². The maximum absolute atomic E-state index is 12.1. The van der Waals surface area contributed by atoms with Gasteiger partial charge in [0.25, 0.3) is 6.43 Å². The molecule has 1 aliphatic rings. The molecule has 3 nitrogen and oxygen atoms in total. The van der Waals surface area contributed by atoms with E-state index in [1.54, 1.807) is 0 Å². The Hall–Kier alpha value is -0.260. The monoisotopic (exact) mass is 236 g/mol. The number of halogens is 2. The largest absolute Gasteiger partial charge is 0.393 e. The first-order valence-corrected chi connectivity index (χ1v) is 5.91. The van der Waals surface area contributed by atoms with Gasteiger partial charge in [-0.3, -0.25) is 0 Å². The maximum Gasteiger partial charge on any atom is 0.250 e. The standard InChI is InChI=1S/C11H22F2N2O/c1-3-10(16)8-4-9(7-15(2)6-8)14-5-11(12)13/h8-11,14,16H,3-7H2,1-2H3. The molecule has 1 fully saturated rings. The van der Waals surface area contributed by atoms with Gasteiger partial charge in [-0.1, -0.05) is 6.92 Å². The second kappa shape index (κ2) is 6.47. The first-order valence-electron chi connectivity index (χ1n) is 5.91. The molecule has 0 saturated carbocycles. The Labute approximate surface area is 95.8 Å². The van der Waals surface area contributed by atoms with E-state index in [1.807, 2.05) is 14.0 Å². The van der Waals surface area contributed by atoms with E-state index in [4.69, 9.17) is 0 Å². The summed E-state index contributed by atoms with van der Waals surface area (Å²) in [5, 5.41) is 12.7. The fraction of sp³-hybridized carbons (Fsp3) is 1.00. The highest BCUT2D eigenvalue weighted by Gasteiger charge is 2.29. The van der Waals surface area contributed by atoms with Crippen LogP contribution in [0, 0.1) is 5.92 Å². The molecule has 0 amide bonds. The number of rotatable bonds is 5. The molecule has 0 spiro atoms. The Bertz CT molecular complexity index is 204. The number of alkyl halides is 2. The number of piperidine rings is 1. The van der Waals surface area contributed by atoms with Gasteiger partial charge in [0.1, 0.15) is 0 Å². The van der Waals surface area contributed by atoms with Crippen molar-refractivity contribution in [2.45, 2.75) is 38.3 Å². The van der Waals surface area contributed by atoms with Crippen molar-refractivity contribution in [2.24, 2.45) is 5.92 Å². The van der Waals surface area contributed by atoms with E-state index in [0.29, 0.717) is 0 Å². The molecule has 5 heteroatoms. The van der Waals surface area contributed by atoms with Crippen molar-refractivity contribution in [1.29, 1.82) is 0 Å². The van der Waals surface area contributed by atoms with Gasteiger partial charge in [-0.05, 0) is 25.8 Å². The smallest absolute Gasteiger partial charge is 0.250 e. The molecule has 0 bridgehead atoms. The van der Waals surface area contributed by atoms with Crippen molar-refractivity contribution in [2.75, 3.05) is 26.7 Å². The lowest BCUT2D eigenvalue weighted by atomic mass is 9.88. The average molecular weight is 236 g/mol. The highest BCUT2D eigenvalue weighted by Crippen LogP contribution is 2.21. The molecule has 1 heterocycles. The lowest BCUT2D eigenvalue weighted by Gasteiger charge is -2.38. The van der Waals surface area contributed by atoms with E-state index in [1.165, 1.54) is 0 Å². The van der Waals surface area contributed by atoms with Crippen molar-refractivity contribution in [3.8, 4) is 0 Å². The van der Waals surface area contributed by atoms with E-state index in [0.717, 1.165) is 25.9 Å². The molecule has 1 aliphatic heterocycles. The number of likely N-dealkylation sites (N-methyl/N-ethyl adjacent to an activating group) is 1. The fourth-order valence-electron chi connectivity index (χ4n) is 2.38. The van der Waals surface area contributed by atoms with Crippen LogP contribution in [0.4, 0.5) is 8.78 Å². The van der Waals surface area contributed by atoms with Gasteiger partial charge in [-0.25, -0.2) is 8.78 Å². The second-order valence-electron chi connectivity index (χ2n) is 4.69. The molecule has 0 radical (unpaired) electrons. The minimum atomic E-state index is -2.30. The summed E-state index contributed by atoms with van der Waals surface area (Å²) in [6.07, 6.45) is -1.12. The lowest BCUT2D eigenvalue weighted by Crippen LogP contribution is -2.51. The lowest BCUT2D eigenvalue weighted by molar-refractivity contribution is 0.0406. The zero-order chi connectivity index (χ0) is 12.1. The summed E-state index contributed by atoms with van der Waals surface area (Å²) in [7, 11) is 1.96. The Balaban J connectivity index is 2.41. The first kappa shape index (κ1) is 13.8. The summed E-state index contributed by atoms with van der Waals surface area (Å²) >= 11 is 0. The van der Waals surface area contributed by atoms with Crippen molar-refractivity contribution in [3.63, 3.8) is 0 Å². The molecule has 0 aromatic heterocycles. The number of aliphatic hydroxyl groups excluding tert-OH is 1. The quantitative estimate of drug-likeness (QED) is 0.745. The molecular formula is C11H22F2N2O. The van der Waals surface area contributed by atoms with Crippen molar-refractivity contribution < 1.29 is 13.9 Å². The van der Waals surface area contributed by atoms with Crippen LogP contribution in [0.2, 0.25) is 0 Å². The third kappa shape index (κ3) is 4.31. The van der Waals surface area contributed by atoms with Gasteiger partial charge in [-0.2, -0.15) is 0 Å². The van der Waals surface area contributed by atoms with Gasteiger partial charge in [0, 0.05) is 19.1 Å². The normalized spacial score (nSPS) is 29.6. The molecule has 3 atom stereocenters. The van der Waals surface area contributed by atoms with Crippen LogP contribution in [-0.2, 0) is 0 Å². The summed E-state index contributed by atoms with van der Waals surface area (Å²) in [5.74, 6) is 0.193. The Morgan fingerprint density at radius 2 is 2.12 bits per heavy atom. The van der Waals surface area contributed by atoms with Crippen LogP contribution in [0.3, 0.4) is 0 Å². The maximum atomic E-state index is 12.1. The molecule has 96 valence electrons. The fourth-order valence-corrected chi connectivity index (χ4v) is 2.38. The molecule has 0 aromatic carbocycles. The first-order chi connectivity index (χ1) is 7.52. The van der Waals surface area contributed by atoms with Crippen molar-refractivity contribution in [1.82, 2.24) is 10.2 Å². The van der Waals surface area contributed by atoms with Gasteiger partial charge in [-0.15, -0.1) is 0 Å². The van der Waals surface area contributed by atoms with Gasteiger partial charge >= 0.3 is 0 Å². The van der Waals surface area contributed by atoms with Crippen LogP contribution in [0.15, 0.2) is 0 Å². The van der Waals surface area contributed by atoms with Gasteiger partial charge in [0.15, 0.2) is 0 Å². The minimum Gasteiger partial charge on any atom is -0.393 e. The zero-order valence-corrected chi connectivity index (χ0v) is 10.00. The van der Waals surface area contributed by atoms with Crippen molar-refractivity contribution in [3.05, 3.63) is 0 Å². The zero-order valence-electron chi connectivity index (χ0n) is 10.00. The highest BCUT2D eigenvalue weighted by atomic mass is 19.3. The predicted octanol–water partition coefficient (Wildman–Crippen LogP) is 0.932. The van der Waals surface area contributed by atoms with Gasteiger partial charge in [0.2, 0.25) is 0 Å². The molecular weight excluding hydrogens is 214 g/mol. The van der Waals surface area contributed by atoms with Crippen LogP contribution in [-0.4, -0.2) is 55.3 Å². The molecule has 0 aromatic rings. The Morgan fingerprint density at radius 3 is 2.69 bits per heavy atom. The summed E-state index contributed by atoms with van der Waals surface area (Å²) in [5.41, 5.74) is 0. The molecule has 3 unspecified atom stereocenters. The van der Waals surface area contributed by atoms with Crippen LogP contribution in [0.25, 0.3) is 0 Å². The Kier molecular flexibility index (Phi) is 5.58. The van der Waals surface area contributed by atoms with Crippen LogP contribution in [0.1, 0.15) is 19.8 Å². The SMILES string of the molecule is CCC(O)C1CC(NCC(F)F)CN(C)C1. The minimum absolute atomic E-state index is 0.0685. The third-order valence-corrected chi connectivity index (χ3v) is 3.19. The molecule has 16 heavy (non-hydrogen) atoms. The van der Waals surface area contributed by atoms with Gasteiger partial charge < -0.3 is 15.3 Å². The van der Waals surface area contributed by atoms with E-state index < -0.39 is 6.43 Å². The Morgan fingerprint density at radius 1 is 1.44 bits per heavy atom. The summed E-state index contributed by atoms with van der Waals surface area (Å²) < 4.78 is 24.2. The summed E-state index contributed by atoms with van der Waals surface area (Å²) in [6.45, 7) is 3.32. The summed E-state index contributed by atoms with van der Waals surface area (Å²) in [6, 6.07) is 0.0685. The van der Waals surface area contributed by atoms with E-state index >= 15 is 0 Å². The predicted molar refractivity (Wildman–Crippen MR) is 59.7 cm³/mol. The van der Waals surface area contributed by atoms with E-state index in [-0.39, 0.29) is 24.6 Å². The van der Waals surface area contributed by atoms with Crippen LogP contribution < -0.4 is 5.32 Å². The van der Waals surface area contributed by atoms with E-state index in [9.17, 15) is 13.9 Å². The average Bonchev–Trinajstić information content (AvgIpc) is 2.24. The van der Waals surface area contributed by atoms with E-state index in [2.05, 4.69) is 10.2 Å². The highest BCUT2D eigenvalue weighted by molar-refractivity contribution is 4.85.